The lowest BCUT2D eigenvalue weighted by molar-refractivity contribution is 0.0926. The molecule has 0 saturated carbocycles. The van der Waals surface area contributed by atoms with Crippen molar-refractivity contribution < 1.29 is 4.79 Å². The van der Waals surface area contributed by atoms with Gasteiger partial charge in [0.2, 0.25) is 0 Å². The quantitative estimate of drug-likeness (QED) is 0.944. The topological polar surface area (TPSA) is 59.8 Å². The molecule has 2 aromatic heterocycles. The molecule has 7 heteroatoms. The van der Waals surface area contributed by atoms with E-state index in [-0.39, 0.29) is 11.9 Å². The highest BCUT2D eigenvalue weighted by molar-refractivity contribution is 7.11. The van der Waals surface area contributed by atoms with Crippen molar-refractivity contribution in [3.05, 3.63) is 32.5 Å². The van der Waals surface area contributed by atoms with Crippen molar-refractivity contribution in [1.29, 1.82) is 0 Å². The highest BCUT2D eigenvalue weighted by Crippen LogP contribution is 2.25. The Labute approximate surface area is 127 Å². The molecule has 1 atom stereocenters. The molecule has 20 heavy (non-hydrogen) atoms. The molecular formula is C13H17ClN4OS. The van der Waals surface area contributed by atoms with E-state index in [2.05, 4.69) is 15.4 Å². The Morgan fingerprint density at radius 3 is 2.70 bits per heavy atom. The molecule has 0 spiro atoms. The highest BCUT2D eigenvalue weighted by Gasteiger charge is 2.21. The van der Waals surface area contributed by atoms with Gasteiger partial charge in [-0.05, 0) is 20.3 Å². The zero-order valence-electron chi connectivity index (χ0n) is 11.9. The van der Waals surface area contributed by atoms with Crippen molar-refractivity contribution in [2.24, 2.45) is 7.05 Å². The molecule has 5 nitrogen and oxygen atoms in total. The van der Waals surface area contributed by atoms with Crippen LogP contribution in [0.3, 0.4) is 0 Å². The van der Waals surface area contributed by atoms with Gasteiger partial charge in [-0.25, -0.2) is 4.98 Å². The normalized spacial score (nSPS) is 12.4. The molecule has 0 aliphatic carbocycles. The van der Waals surface area contributed by atoms with E-state index in [1.807, 2.05) is 20.8 Å². The zero-order valence-corrected chi connectivity index (χ0v) is 13.5. The number of rotatable bonds is 4. The van der Waals surface area contributed by atoms with Gasteiger partial charge in [-0.2, -0.15) is 5.10 Å². The first kappa shape index (κ1) is 15.0. The zero-order chi connectivity index (χ0) is 14.9. The minimum absolute atomic E-state index is 0.106. The number of amides is 1. The summed E-state index contributed by atoms with van der Waals surface area (Å²) in [6, 6.07) is -0.106. The standard InChI is InChI=1S/C13H17ClN4OS/c1-5-10(13-16-7(2)8(3)20-13)17-12(19)11-9(14)6-15-18(11)4/h6,10H,5H2,1-4H3,(H,17,19). The van der Waals surface area contributed by atoms with Gasteiger partial charge in [0.1, 0.15) is 10.7 Å². The molecule has 2 aromatic rings. The summed E-state index contributed by atoms with van der Waals surface area (Å²) in [5.74, 6) is -0.229. The van der Waals surface area contributed by atoms with E-state index in [1.54, 1.807) is 18.4 Å². The summed E-state index contributed by atoms with van der Waals surface area (Å²) in [6.07, 6.45) is 2.24. The van der Waals surface area contributed by atoms with Gasteiger partial charge in [0.25, 0.3) is 5.91 Å². The van der Waals surface area contributed by atoms with Crippen LogP contribution in [0.15, 0.2) is 6.20 Å². The number of carbonyl (C=O) groups excluding carboxylic acids is 1. The number of aromatic nitrogens is 3. The van der Waals surface area contributed by atoms with E-state index in [4.69, 9.17) is 11.6 Å². The summed E-state index contributed by atoms with van der Waals surface area (Å²) in [7, 11) is 1.69. The van der Waals surface area contributed by atoms with E-state index >= 15 is 0 Å². The van der Waals surface area contributed by atoms with Gasteiger partial charge in [0.05, 0.1) is 23.0 Å². The van der Waals surface area contributed by atoms with Crippen LogP contribution in [0.5, 0.6) is 0 Å². The van der Waals surface area contributed by atoms with Crippen LogP contribution >= 0.6 is 22.9 Å². The first-order valence-electron chi connectivity index (χ1n) is 6.36. The lowest BCUT2D eigenvalue weighted by Crippen LogP contribution is -2.30. The van der Waals surface area contributed by atoms with Crippen LogP contribution < -0.4 is 5.32 Å². The number of carbonyl (C=O) groups is 1. The Morgan fingerprint density at radius 2 is 2.25 bits per heavy atom. The minimum atomic E-state index is -0.229. The third-order valence-corrected chi connectivity index (χ3v) is 4.63. The molecule has 0 aliphatic rings. The number of nitrogens with zero attached hydrogens (tertiary/aromatic N) is 3. The number of thiazole rings is 1. The summed E-state index contributed by atoms with van der Waals surface area (Å²) < 4.78 is 1.47. The smallest absolute Gasteiger partial charge is 0.271 e. The van der Waals surface area contributed by atoms with Crippen molar-refractivity contribution in [3.63, 3.8) is 0 Å². The second kappa shape index (κ2) is 5.93. The molecule has 0 fully saturated rings. The third kappa shape index (κ3) is 2.86. The van der Waals surface area contributed by atoms with E-state index in [0.717, 1.165) is 17.1 Å². The molecule has 0 aliphatic heterocycles. The SMILES string of the molecule is CCC(NC(=O)c1c(Cl)cnn1C)c1nc(C)c(C)s1. The number of nitrogens with one attached hydrogen (secondary N) is 1. The Bertz CT molecular complexity index is 595. The molecule has 0 radical (unpaired) electrons. The number of hydrogen-bond acceptors (Lipinski definition) is 4. The lowest BCUT2D eigenvalue weighted by Gasteiger charge is -2.14. The number of aryl methyl sites for hydroxylation is 3. The summed E-state index contributed by atoms with van der Waals surface area (Å²) in [6.45, 7) is 6.02. The van der Waals surface area contributed by atoms with E-state index < -0.39 is 0 Å². The summed E-state index contributed by atoms with van der Waals surface area (Å²) in [5, 5.41) is 8.22. The van der Waals surface area contributed by atoms with E-state index in [1.165, 1.54) is 15.8 Å². The van der Waals surface area contributed by atoms with Crippen molar-refractivity contribution in [2.45, 2.75) is 33.2 Å². The molecule has 0 saturated heterocycles. The highest BCUT2D eigenvalue weighted by atomic mass is 35.5. The second-order valence-corrected chi connectivity index (χ2v) is 6.23. The summed E-state index contributed by atoms with van der Waals surface area (Å²) in [5.41, 5.74) is 1.38. The Morgan fingerprint density at radius 1 is 1.55 bits per heavy atom. The maximum atomic E-state index is 12.3. The average molecular weight is 313 g/mol. The first-order valence-corrected chi connectivity index (χ1v) is 7.55. The first-order chi connectivity index (χ1) is 9.43. The lowest BCUT2D eigenvalue weighted by atomic mass is 10.2. The van der Waals surface area contributed by atoms with E-state index in [0.29, 0.717) is 10.7 Å². The molecule has 1 amide bonds. The van der Waals surface area contributed by atoms with Crippen LogP contribution in [0.4, 0.5) is 0 Å². The van der Waals surface area contributed by atoms with Crippen LogP contribution in [0.25, 0.3) is 0 Å². The minimum Gasteiger partial charge on any atom is -0.341 e. The fourth-order valence-electron chi connectivity index (χ4n) is 1.88. The molecule has 2 rings (SSSR count). The largest absolute Gasteiger partial charge is 0.341 e. The maximum Gasteiger partial charge on any atom is 0.271 e. The molecule has 1 N–H and O–H groups in total. The molecule has 0 aromatic carbocycles. The molecular weight excluding hydrogens is 296 g/mol. The Kier molecular flexibility index (Phi) is 4.45. The van der Waals surface area contributed by atoms with Gasteiger partial charge in [0, 0.05) is 11.9 Å². The van der Waals surface area contributed by atoms with E-state index in [9.17, 15) is 4.79 Å². The molecule has 0 bridgehead atoms. The monoisotopic (exact) mass is 312 g/mol. The summed E-state index contributed by atoms with van der Waals surface area (Å²) >= 11 is 7.60. The van der Waals surface area contributed by atoms with Gasteiger partial charge in [-0.3, -0.25) is 9.48 Å². The third-order valence-electron chi connectivity index (χ3n) is 3.17. The Balaban J connectivity index is 2.20. The van der Waals surface area contributed by atoms with Crippen LogP contribution in [0.1, 0.15) is 45.5 Å². The van der Waals surface area contributed by atoms with Crippen LogP contribution in [0, 0.1) is 13.8 Å². The summed E-state index contributed by atoms with van der Waals surface area (Å²) in [4.78, 5) is 18.0. The van der Waals surface area contributed by atoms with Gasteiger partial charge in [-0.15, -0.1) is 11.3 Å². The fraction of sp³-hybridized carbons (Fsp3) is 0.462. The second-order valence-electron chi connectivity index (χ2n) is 4.59. The maximum absolute atomic E-state index is 12.3. The Hall–Kier alpha value is -1.40. The van der Waals surface area contributed by atoms with Gasteiger partial charge < -0.3 is 5.32 Å². The van der Waals surface area contributed by atoms with Gasteiger partial charge in [-0.1, -0.05) is 18.5 Å². The fourth-order valence-corrected chi connectivity index (χ4v) is 3.19. The van der Waals surface area contributed by atoms with Crippen LogP contribution in [-0.2, 0) is 7.05 Å². The van der Waals surface area contributed by atoms with Crippen molar-refractivity contribution in [1.82, 2.24) is 20.1 Å². The number of halogens is 1. The van der Waals surface area contributed by atoms with Gasteiger partial charge >= 0.3 is 0 Å². The number of hydrogen-bond donors (Lipinski definition) is 1. The van der Waals surface area contributed by atoms with Crippen molar-refractivity contribution in [2.75, 3.05) is 0 Å². The molecule has 1 unspecified atom stereocenters. The predicted molar refractivity (Wildman–Crippen MR) is 80.3 cm³/mol. The molecule has 108 valence electrons. The predicted octanol–water partition coefficient (Wildman–Crippen LogP) is 3.03. The van der Waals surface area contributed by atoms with Crippen molar-refractivity contribution in [3.8, 4) is 0 Å². The van der Waals surface area contributed by atoms with Crippen molar-refractivity contribution >= 4 is 28.8 Å². The van der Waals surface area contributed by atoms with Crippen LogP contribution in [-0.4, -0.2) is 20.7 Å². The molecule has 2 heterocycles. The average Bonchev–Trinajstić information content (AvgIpc) is 2.90. The van der Waals surface area contributed by atoms with Gasteiger partial charge in [0.15, 0.2) is 0 Å². The van der Waals surface area contributed by atoms with Crippen LogP contribution in [0.2, 0.25) is 5.02 Å².